The highest BCUT2D eigenvalue weighted by atomic mass is 16.6. The van der Waals surface area contributed by atoms with Crippen LogP contribution >= 0.6 is 0 Å². The average molecular weight is 387 g/mol. The number of nitrogens with zero attached hydrogens (tertiary/aromatic N) is 2. The minimum Gasteiger partial charge on any atom is -0.436 e. The molecule has 1 aromatic heterocycles. The fourth-order valence-corrected chi connectivity index (χ4v) is 3.17. The largest absolute Gasteiger partial charge is 0.436 e. The Kier molecular flexibility index (Phi) is 4.56. The van der Waals surface area contributed by atoms with Crippen molar-refractivity contribution < 1.29 is 14.1 Å². The quantitative estimate of drug-likeness (QED) is 0.380. The van der Waals surface area contributed by atoms with Crippen LogP contribution in [0.15, 0.2) is 65.1 Å². The Balaban J connectivity index is 1.70. The van der Waals surface area contributed by atoms with Crippen LogP contribution in [0, 0.1) is 24.0 Å². The highest BCUT2D eigenvalue weighted by Gasteiger charge is 2.20. The molecule has 0 radical (unpaired) electrons. The SMILES string of the molecule is Cc1ccc2oc(-c3cccc(NC(=O)c4ccccc4[N+](=O)[O-])c3C)nc2c1. The van der Waals surface area contributed by atoms with Crippen LogP contribution in [0.4, 0.5) is 11.4 Å². The first kappa shape index (κ1) is 18.4. The highest BCUT2D eigenvalue weighted by molar-refractivity contribution is 6.07. The molecule has 4 aromatic rings. The average Bonchev–Trinajstić information content (AvgIpc) is 3.12. The summed E-state index contributed by atoms with van der Waals surface area (Å²) in [6.45, 7) is 3.82. The zero-order valence-corrected chi connectivity index (χ0v) is 15.8. The first-order valence-corrected chi connectivity index (χ1v) is 8.96. The van der Waals surface area contributed by atoms with E-state index in [1.54, 1.807) is 18.2 Å². The number of benzene rings is 3. The molecule has 0 saturated heterocycles. The van der Waals surface area contributed by atoms with Crippen LogP contribution in [0.1, 0.15) is 21.5 Å². The van der Waals surface area contributed by atoms with Gasteiger partial charge in [-0.2, -0.15) is 0 Å². The Labute approximate surface area is 166 Å². The second kappa shape index (κ2) is 7.20. The lowest BCUT2D eigenvalue weighted by Gasteiger charge is -2.11. The number of nitro benzene ring substituents is 1. The van der Waals surface area contributed by atoms with Crippen molar-refractivity contribution in [3.05, 3.63) is 87.5 Å². The van der Waals surface area contributed by atoms with Gasteiger partial charge in [0.2, 0.25) is 5.89 Å². The molecule has 29 heavy (non-hydrogen) atoms. The molecule has 0 unspecified atom stereocenters. The molecule has 4 rings (SSSR count). The second-order valence-corrected chi connectivity index (χ2v) is 6.70. The van der Waals surface area contributed by atoms with Crippen LogP contribution < -0.4 is 5.32 Å². The monoisotopic (exact) mass is 387 g/mol. The third-order valence-corrected chi connectivity index (χ3v) is 4.70. The zero-order valence-electron chi connectivity index (χ0n) is 15.8. The molecule has 0 aliphatic carbocycles. The number of aromatic nitrogens is 1. The number of rotatable bonds is 4. The number of fused-ring (bicyclic) bond motifs is 1. The van der Waals surface area contributed by atoms with E-state index in [0.717, 1.165) is 22.2 Å². The van der Waals surface area contributed by atoms with Crippen molar-refractivity contribution in [3.63, 3.8) is 0 Å². The maximum absolute atomic E-state index is 12.7. The molecule has 7 heteroatoms. The van der Waals surface area contributed by atoms with E-state index in [1.807, 2.05) is 38.1 Å². The summed E-state index contributed by atoms with van der Waals surface area (Å²) < 4.78 is 5.87. The smallest absolute Gasteiger partial charge is 0.282 e. The van der Waals surface area contributed by atoms with Crippen molar-refractivity contribution in [2.24, 2.45) is 0 Å². The van der Waals surface area contributed by atoms with E-state index in [4.69, 9.17) is 4.42 Å². The van der Waals surface area contributed by atoms with Gasteiger partial charge < -0.3 is 9.73 Å². The molecule has 0 spiro atoms. The topological polar surface area (TPSA) is 98.3 Å². The summed E-state index contributed by atoms with van der Waals surface area (Å²) in [5, 5.41) is 14.0. The van der Waals surface area contributed by atoms with Crippen LogP contribution in [-0.2, 0) is 0 Å². The van der Waals surface area contributed by atoms with Crippen molar-refractivity contribution >= 4 is 28.4 Å². The van der Waals surface area contributed by atoms with Crippen LogP contribution in [0.2, 0.25) is 0 Å². The van der Waals surface area contributed by atoms with Crippen LogP contribution in [-0.4, -0.2) is 15.8 Å². The number of hydrogen-bond acceptors (Lipinski definition) is 5. The highest BCUT2D eigenvalue weighted by Crippen LogP contribution is 2.31. The second-order valence-electron chi connectivity index (χ2n) is 6.70. The fourth-order valence-electron chi connectivity index (χ4n) is 3.17. The van der Waals surface area contributed by atoms with Gasteiger partial charge in [0.05, 0.1) is 4.92 Å². The summed E-state index contributed by atoms with van der Waals surface area (Å²) >= 11 is 0. The fraction of sp³-hybridized carbons (Fsp3) is 0.0909. The number of carbonyl (C=O) groups excluding carboxylic acids is 1. The van der Waals surface area contributed by atoms with Gasteiger partial charge >= 0.3 is 0 Å². The van der Waals surface area contributed by atoms with E-state index in [1.165, 1.54) is 18.2 Å². The summed E-state index contributed by atoms with van der Waals surface area (Å²) in [5.41, 5.74) is 4.30. The number of carbonyl (C=O) groups is 1. The maximum atomic E-state index is 12.7. The van der Waals surface area contributed by atoms with Crippen molar-refractivity contribution in [1.82, 2.24) is 4.98 Å². The number of amides is 1. The Morgan fingerprint density at radius 2 is 1.86 bits per heavy atom. The third-order valence-electron chi connectivity index (χ3n) is 4.70. The van der Waals surface area contributed by atoms with Crippen molar-refractivity contribution in [3.8, 4) is 11.5 Å². The number of nitrogens with one attached hydrogen (secondary N) is 1. The molecule has 0 atom stereocenters. The van der Waals surface area contributed by atoms with Crippen LogP contribution in [0.25, 0.3) is 22.6 Å². The molecular weight excluding hydrogens is 370 g/mol. The van der Waals surface area contributed by atoms with Crippen LogP contribution in [0.3, 0.4) is 0 Å². The van der Waals surface area contributed by atoms with E-state index in [-0.39, 0.29) is 11.3 Å². The van der Waals surface area contributed by atoms with Gasteiger partial charge in [-0.3, -0.25) is 14.9 Å². The molecule has 0 aliphatic rings. The Morgan fingerprint density at radius 1 is 1.07 bits per heavy atom. The van der Waals surface area contributed by atoms with Gasteiger partial charge in [0.15, 0.2) is 5.58 Å². The van der Waals surface area contributed by atoms with Gasteiger partial charge in [-0.1, -0.05) is 24.3 Å². The van der Waals surface area contributed by atoms with E-state index < -0.39 is 10.8 Å². The first-order valence-electron chi connectivity index (χ1n) is 8.96. The van der Waals surface area contributed by atoms with E-state index in [9.17, 15) is 14.9 Å². The molecule has 0 saturated carbocycles. The summed E-state index contributed by atoms with van der Waals surface area (Å²) in [6, 6.07) is 17.0. The number of nitro groups is 1. The van der Waals surface area contributed by atoms with Crippen molar-refractivity contribution in [2.45, 2.75) is 13.8 Å². The molecular formula is C22H17N3O4. The first-order chi connectivity index (χ1) is 13.9. The van der Waals surface area contributed by atoms with Gasteiger partial charge in [-0.05, 0) is 55.3 Å². The molecule has 7 nitrogen and oxygen atoms in total. The number of anilines is 1. The molecule has 3 aromatic carbocycles. The Morgan fingerprint density at radius 3 is 2.66 bits per heavy atom. The van der Waals surface area contributed by atoms with Gasteiger partial charge in [0.1, 0.15) is 11.1 Å². The van der Waals surface area contributed by atoms with Gasteiger partial charge in [0, 0.05) is 17.3 Å². The minimum atomic E-state index is -0.571. The third kappa shape index (κ3) is 3.45. The Bertz CT molecular complexity index is 1260. The summed E-state index contributed by atoms with van der Waals surface area (Å²) in [5.74, 6) is -0.101. The Hall–Kier alpha value is -4.00. The molecule has 1 N–H and O–H groups in total. The summed E-state index contributed by atoms with van der Waals surface area (Å²) in [7, 11) is 0. The standard InChI is InChI=1S/C22H17N3O4/c1-13-10-11-20-18(12-13)24-22(29-20)15-7-5-8-17(14(15)2)23-21(26)16-6-3-4-9-19(16)25(27)28/h3-12H,1-2H3,(H,23,26). The summed E-state index contributed by atoms with van der Waals surface area (Å²) in [6.07, 6.45) is 0. The maximum Gasteiger partial charge on any atom is 0.282 e. The number of para-hydroxylation sites is 1. The molecule has 0 bridgehead atoms. The lowest BCUT2D eigenvalue weighted by molar-refractivity contribution is -0.385. The molecule has 0 aliphatic heterocycles. The normalized spacial score (nSPS) is 10.8. The van der Waals surface area contributed by atoms with Crippen LogP contribution in [0.5, 0.6) is 0 Å². The molecule has 144 valence electrons. The number of oxazole rings is 1. The predicted octanol–water partition coefficient (Wildman–Crippen LogP) is 5.27. The molecule has 1 heterocycles. The van der Waals surface area contributed by atoms with Crippen molar-refractivity contribution in [1.29, 1.82) is 0 Å². The predicted molar refractivity (Wildman–Crippen MR) is 110 cm³/mol. The van der Waals surface area contributed by atoms with Crippen molar-refractivity contribution in [2.75, 3.05) is 5.32 Å². The van der Waals surface area contributed by atoms with E-state index >= 15 is 0 Å². The van der Waals surface area contributed by atoms with Gasteiger partial charge in [-0.25, -0.2) is 4.98 Å². The molecule has 1 amide bonds. The number of aryl methyl sites for hydroxylation is 1. The van der Waals surface area contributed by atoms with E-state index in [0.29, 0.717) is 17.2 Å². The van der Waals surface area contributed by atoms with E-state index in [2.05, 4.69) is 10.3 Å². The lowest BCUT2D eigenvalue weighted by Crippen LogP contribution is -2.14. The summed E-state index contributed by atoms with van der Waals surface area (Å²) in [4.78, 5) is 27.8. The van der Waals surface area contributed by atoms with Gasteiger partial charge in [0.25, 0.3) is 11.6 Å². The lowest BCUT2D eigenvalue weighted by atomic mass is 10.1. The molecule has 0 fully saturated rings. The zero-order chi connectivity index (χ0) is 20.5. The van der Waals surface area contributed by atoms with Gasteiger partial charge in [-0.15, -0.1) is 0 Å². The minimum absolute atomic E-state index is 0.000333. The number of hydrogen-bond donors (Lipinski definition) is 1.